The first-order valence-electron chi connectivity index (χ1n) is 12.7. The number of carbonyl (C=O) groups is 1. The van der Waals surface area contributed by atoms with E-state index in [-0.39, 0.29) is 5.91 Å². The van der Waals surface area contributed by atoms with Crippen molar-refractivity contribution in [3.8, 4) is 5.75 Å². The molecule has 0 spiro atoms. The van der Waals surface area contributed by atoms with Gasteiger partial charge in [0, 0.05) is 18.8 Å². The van der Waals surface area contributed by atoms with Gasteiger partial charge in [-0.15, -0.1) is 0 Å². The van der Waals surface area contributed by atoms with Gasteiger partial charge in [-0.2, -0.15) is 0 Å². The normalized spacial score (nSPS) is 15.3. The highest BCUT2D eigenvalue weighted by Crippen LogP contribution is 2.31. The predicted octanol–water partition coefficient (Wildman–Crippen LogP) is 6.14. The van der Waals surface area contributed by atoms with E-state index in [1.807, 2.05) is 24.3 Å². The number of amides is 1. The highest BCUT2D eigenvalue weighted by Gasteiger charge is 2.40. The molecular weight excluding hydrogens is 400 g/mol. The summed E-state index contributed by atoms with van der Waals surface area (Å²) in [6, 6.07) is 7.73. The van der Waals surface area contributed by atoms with Crippen LogP contribution < -0.4 is 10.1 Å². The summed E-state index contributed by atoms with van der Waals surface area (Å²) in [5, 5.41) is 3.11. The molecule has 32 heavy (non-hydrogen) atoms. The van der Waals surface area contributed by atoms with E-state index >= 15 is 0 Å². The molecule has 2 rings (SSSR count). The lowest BCUT2D eigenvalue weighted by Gasteiger charge is -2.35. The lowest BCUT2D eigenvalue weighted by Crippen LogP contribution is -2.47. The molecule has 1 amide bonds. The van der Waals surface area contributed by atoms with Crippen LogP contribution in [-0.2, 0) is 9.53 Å². The lowest BCUT2D eigenvalue weighted by atomic mass is 9.83. The van der Waals surface area contributed by atoms with E-state index in [1.165, 1.54) is 32.4 Å². The molecule has 0 saturated carbocycles. The molecule has 1 aliphatic rings. The van der Waals surface area contributed by atoms with Crippen LogP contribution in [0.2, 0.25) is 0 Å². The van der Waals surface area contributed by atoms with Gasteiger partial charge < -0.3 is 19.7 Å². The van der Waals surface area contributed by atoms with E-state index in [4.69, 9.17) is 9.47 Å². The number of piperidine rings is 1. The molecule has 0 bridgehead atoms. The van der Waals surface area contributed by atoms with E-state index in [2.05, 4.69) is 44.8 Å². The molecule has 1 aromatic carbocycles. The highest BCUT2D eigenvalue weighted by molar-refractivity contribution is 5.97. The van der Waals surface area contributed by atoms with Crippen LogP contribution in [0.25, 0.3) is 0 Å². The van der Waals surface area contributed by atoms with Gasteiger partial charge >= 0.3 is 0 Å². The molecule has 0 radical (unpaired) electrons. The predicted molar refractivity (Wildman–Crippen MR) is 133 cm³/mol. The average Bonchev–Trinajstić information content (AvgIpc) is 2.76. The van der Waals surface area contributed by atoms with Gasteiger partial charge in [0.25, 0.3) is 5.91 Å². The van der Waals surface area contributed by atoms with Crippen LogP contribution in [0.4, 0.5) is 5.69 Å². The second-order valence-corrected chi connectivity index (χ2v) is 10.1. The number of nitrogens with zero attached hydrogens (tertiary/aromatic N) is 1. The van der Waals surface area contributed by atoms with Gasteiger partial charge in [-0.25, -0.2) is 0 Å². The van der Waals surface area contributed by atoms with Crippen molar-refractivity contribution in [2.24, 2.45) is 11.8 Å². The van der Waals surface area contributed by atoms with Crippen LogP contribution in [0.15, 0.2) is 24.3 Å². The number of hydrogen-bond donors (Lipinski definition) is 1. The van der Waals surface area contributed by atoms with E-state index in [0.29, 0.717) is 18.4 Å². The largest absolute Gasteiger partial charge is 0.494 e. The molecule has 182 valence electrons. The zero-order valence-electron chi connectivity index (χ0n) is 21.1. The van der Waals surface area contributed by atoms with Crippen LogP contribution in [0.3, 0.4) is 0 Å². The van der Waals surface area contributed by atoms with Crippen molar-refractivity contribution in [2.75, 3.05) is 38.2 Å². The van der Waals surface area contributed by atoms with Crippen molar-refractivity contribution in [2.45, 2.75) is 85.2 Å². The molecule has 0 aromatic heterocycles. The van der Waals surface area contributed by atoms with Crippen LogP contribution >= 0.6 is 0 Å². The zero-order chi connectivity index (χ0) is 23.4. The van der Waals surface area contributed by atoms with Crippen molar-refractivity contribution < 1.29 is 14.3 Å². The summed E-state index contributed by atoms with van der Waals surface area (Å²) >= 11 is 0. The number of nitrogens with one attached hydrogen (secondary N) is 1. The third-order valence-electron chi connectivity index (χ3n) is 5.92. The number of likely N-dealkylation sites (tertiary alicyclic amines) is 1. The zero-order valence-corrected chi connectivity index (χ0v) is 21.1. The standard InChI is InChI=1S/C27H46N2O3/c1-6-18-32-27(20-22(2)3,21-23(4)5)26(30)28-24-11-13-25(14-12-24)31-19-10-17-29-15-8-7-9-16-29/h11-14,22-23H,6-10,15-21H2,1-5H3,(H,28,30). The summed E-state index contributed by atoms with van der Waals surface area (Å²) in [5.41, 5.74) is -0.00485. The smallest absolute Gasteiger partial charge is 0.256 e. The Bertz CT molecular complexity index is 641. The Balaban J connectivity index is 1.91. The molecule has 0 unspecified atom stereocenters. The van der Waals surface area contributed by atoms with E-state index in [1.54, 1.807) is 0 Å². The summed E-state index contributed by atoms with van der Waals surface area (Å²) in [6.45, 7) is 15.6. The van der Waals surface area contributed by atoms with E-state index in [9.17, 15) is 4.79 Å². The average molecular weight is 447 g/mol. The van der Waals surface area contributed by atoms with E-state index in [0.717, 1.165) is 50.3 Å². The van der Waals surface area contributed by atoms with Gasteiger partial charge in [0.15, 0.2) is 0 Å². The molecule has 5 nitrogen and oxygen atoms in total. The Kier molecular flexibility index (Phi) is 11.5. The van der Waals surface area contributed by atoms with Crippen molar-refractivity contribution in [3.05, 3.63) is 24.3 Å². The first-order chi connectivity index (χ1) is 15.3. The Morgan fingerprint density at radius 2 is 1.62 bits per heavy atom. The SMILES string of the molecule is CCCOC(CC(C)C)(CC(C)C)C(=O)Nc1ccc(OCCCN2CCCCC2)cc1. The monoisotopic (exact) mass is 446 g/mol. The van der Waals surface area contributed by atoms with Crippen LogP contribution in [0.1, 0.15) is 79.6 Å². The number of hydrogen-bond acceptors (Lipinski definition) is 4. The summed E-state index contributed by atoms with van der Waals surface area (Å²) < 4.78 is 12.2. The highest BCUT2D eigenvalue weighted by atomic mass is 16.5. The molecule has 1 aliphatic heterocycles. The topological polar surface area (TPSA) is 50.8 Å². The first-order valence-corrected chi connectivity index (χ1v) is 12.7. The summed E-state index contributed by atoms with van der Waals surface area (Å²) in [6.07, 6.45) is 7.40. The van der Waals surface area contributed by atoms with Gasteiger partial charge in [0.2, 0.25) is 0 Å². The second kappa shape index (κ2) is 13.8. The molecular formula is C27H46N2O3. The lowest BCUT2D eigenvalue weighted by molar-refractivity contribution is -0.147. The Morgan fingerprint density at radius 3 is 2.19 bits per heavy atom. The summed E-state index contributed by atoms with van der Waals surface area (Å²) in [7, 11) is 0. The fourth-order valence-corrected chi connectivity index (χ4v) is 4.61. The summed E-state index contributed by atoms with van der Waals surface area (Å²) in [5.74, 6) is 1.55. The molecule has 0 aliphatic carbocycles. The van der Waals surface area contributed by atoms with Gasteiger partial charge in [-0.3, -0.25) is 4.79 Å². The van der Waals surface area contributed by atoms with Gasteiger partial charge in [-0.05, 0) is 87.7 Å². The first kappa shape index (κ1) is 26.7. The van der Waals surface area contributed by atoms with E-state index < -0.39 is 5.60 Å². The molecule has 1 saturated heterocycles. The van der Waals surface area contributed by atoms with Crippen molar-refractivity contribution in [1.82, 2.24) is 4.90 Å². The molecule has 0 atom stereocenters. The molecule has 1 aromatic rings. The Hall–Kier alpha value is -1.59. The Morgan fingerprint density at radius 1 is 1.00 bits per heavy atom. The Labute approximate surface area is 196 Å². The third-order valence-corrected chi connectivity index (χ3v) is 5.92. The number of carbonyl (C=O) groups excluding carboxylic acids is 1. The van der Waals surface area contributed by atoms with Gasteiger partial charge in [-0.1, -0.05) is 41.0 Å². The molecule has 1 fully saturated rings. The molecule has 1 heterocycles. The molecule has 1 N–H and O–H groups in total. The number of rotatable bonds is 14. The minimum Gasteiger partial charge on any atom is -0.494 e. The molecule has 5 heteroatoms. The number of benzene rings is 1. The van der Waals surface area contributed by atoms with Crippen molar-refractivity contribution >= 4 is 11.6 Å². The third kappa shape index (κ3) is 9.11. The minimum absolute atomic E-state index is 0.0384. The number of anilines is 1. The number of ether oxygens (including phenoxy) is 2. The van der Waals surface area contributed by atoms with Crippen molar-refractivity contribution in [3.63, 3.8) is 0 Å². The fraction of sp³-hybridized carbons (Fsp3) is 0.741. The summed E-state index contributed by atoms with van der Waals surface area (Å²) in [4.78, 5) is 15.9. The van der Waals surface area contributed by atoms with Crippen molar-refractivity contribution in [1.29, 1.82) is 0 Å². The minimum atomic E-state index is -0.790. The van der Waals surface area contributed by atoms with Crippen LogP contribution in [0.5, 0.6) is 5.75 Å². The van der Waals surface area contributed by atoms with Gasteiger partial charge in [0.05, 0.1) is 6.61 Å². The maximum atomic E-state index is 13.4. The maximum absolute atomic E-state index is 13.4. The van der Waals surface area contributed by atoms with Crippen LogP contribution in [-0.4, -0.2) is 49.3 Å². The fourth-order valence-electron chi connectivity index (χ4n) is 4.61. The maximum Gasteiger partial charge on any atom is 0.256 e. The quantitative estimate of drug-likeness (QED) is 0.349. The second-order valence-electron chi connectivity index (χ2n) is 10.1. The van der Waals surface area contributed by atoms with Crippen LogP contribution in [0, 0.1) is 11.8 Å². The van der Waals surface area contributed by atoms with Gasteiger partial charge in [0.1, 0.15) is 11.4 Å².